The fraction of sp³-hybridized carbons (Fsp3) is 0.0476. The van der Waals surface area contributed by atoms with Gasteiger partial charge in [-0.25, -0.2) is 9.97 Å². The molecular formula is C21H17N3. The average Bonchev–Trinajstić information content (AvgIpc) is 3.09. The van der Waals surface area contributed by atoms with E-state index in [0.717, 1.165) is 39.7 Å². The van der Waals surface area contributed by atoms with Crippen molar-refractivity contribution in [1.82, 2.24) is 15.0 Å². The van der Waals surface area contributed by atoms with Crippen LogP contribution >= 0.6 is 0 Å². The number of hydrogen-bond acceptors (Lipinski definition) is 2. The van der Waals surface area contributed by atoms with Crippen molar-refractivity contribution in [3.63, 3.8) is 0 Å². The lowest BCUT2D eigenvalue weighted by atomic mass is 10.1. The van der Waals surface area contributed by atoms with Crippen molar-refractivity contribution in [3.05, 3.63) is 84.6 Å². The van der Waals surface area contributed by atoms with E-state index in [0.29, 0.717) is 0 Å². The van der Waals surface area contributed by atoms with Crippen LogP contribution in [-0.4, -0.2) is 15.0 Å². The number of aromatic amines is 1. The largest absolute Gasteiger partial charge is 0.336 e. The lowest BCUT2D eigenvalue weighted by molar-refractivity contribution is 1.16. The molecule has 0 bridgehead atoms. The monoisotopic (exact) mass is 311 g/mol. The maximum Gasteiger partial charge on any atom is 0.157 e. The van der Waals surface area contributed by atoms with Gasteiger partial charge in [-0.3, -0.25) is 0 Å². The SMILES string of the molecule is Cc1cccc(-c2nc(-c3ccccc3)c(-c3ccccc3)[nH]2)n1. The summed E-state index contributed by atoms with van der Waals surface area (Å²) in [6.45, 7) is 1.99. The highest BCUT2D eigenvalue weighted by molar-refractivity contribution is 5.80. The molecule has 0 spiro atoms. The van der Waals surface area contributed by atoms with Gasteiger partial charge >= 0.3 is 0 Å². The Kier molecular flexibility index (Phi) is 3.67. The maximum atomic E-state index is 4.85. The van der Waals surface area contributed by atoms with E-state index in [9.17, 15) is 0 Å². The highest BCUT2D eigenvalue weighted by Gasteiger charge is 2.15. The minimum absolute atomic E-state index is 0.788. The molecule has 1 N–H and O–H groups in total. The minimum atomic E-state index is 0.788. The standard InChI is InChI=1S/C21H17N3/c1-15-9-8-14-18(22-15)21-23-19(16-10-4-2-5-11-16)20(24-21)17-12-6-3-7-13-17/h2-14H,1H3,(H,23,24). The van der Waals surface area contributed by atoms with Crippen LogP contribution < -0.4 is 0 Å². The first-order valence-corrected chi connectivity index (χ1v) is 7.96. The van der Waals surface area contributed by atoms with Gasteiger partial charge < -0.3 is 4.98 Å². The van der Waals surface area contributed by atoms with Gasteiger partial charge in [0.1, 0.15) is 5.69 Å². The predicted molar refractivity (Wildman–Crippen MR) is 97.4 cm³/mol. The molecule has 0 aliphatic rings. The molecule has 3 nitrogen and oxygen atoms in total. The first-order valence-electron chi connectivity index (χ1n) is 7.96. The van der Waals surface area contributed by atoms with Gasteiger partial charge in [-0.15, -0.1) is 0 Å². The Morgan fingerprint density at radius 3 is 2.00 bits per heavy atom. The molecule has 0 unspecified atom stereocenters. The lowest BCUT2D eigenvalue weighted by Crippen LogP contribution is -1.88. The quantitative estimate of drug-likeness (QED) is 0.571. The Hall–Kier alpha value is -3.20. The number of aryl methyl sites for hydroxylation is 1. The molecule has 4 aromatic rings. The van der Waals surface area contributed by atoms with E-state index in [1.54, 1.807) is 0 Å². The first-order chi connectivity index (χ1) is 11.8. The molecule has 0 aliphatic carbocycles. The number of hydrogen-bond donors (Lipinski definition) is 1. The highest BCUT2D eigenvalue weighted by atomic mass is 15.0. The van der Waals surface area contributed by atoms with Crippen molar-refractivity contribution in [2.75, 3.05) is 0 Å². The number of nitrogens with zero attached hydrogens (tertiary/aromatic N) is 2. The molecule has 116 valence electrons. The zero-order valence-corrected chi connectivity index (χ0v) is 13.4. The third kappa shape index (κ3) is 2.72. The number of pyridine rings is 1. The summed E-state index contributed by atoms with van der Waals surface area (Å²) in [7, 11) is 0. The molecule has 0 radical (unpaired) electrons. The fourth-order valence-electron chi connectivity index (χ4n) is 2.79. The van der Waals surface area contributed by atoms with Crippen molar-refractivity contribution in [2.24, 2.45) is 0 Å². The fourth-order valence-corrected chi connectivity index (χ4v) is 2.79. The molecule has 0 atom stereocenters. The summed E-state index contributed by atoms with van der Waals surface area (Å²) >= 11 is 0. The van der Waals surface area contributed by atoms with Gasteiger partial charge in [-0.05, 0) is 19.1 Å². The van der Waals surface area contributed by atoms with Gasteiger partial charge in [0, 0.05) is 16.8 Å². The van der Waals surface area contributed by atoms with E-state index < -0.39 is 0 Å². The summed E-state index contributed by atoms with van der Waals surface area (Å²) in [5, 5.41) is 0. The summed E-state index contributed by atoms with van der Waals surface area (Å²) in [5.41, 5.74) is 6.00. The van der Waals surface area contributed by atoms with Crippen molar-refractivity contribution in [2.45, 2.75) is 6.92 Å². The van der Waals surface area contributed by atoms with Crippen LogP contribution in [0.15, 0.2) is 78.9 Å². The number of H-pyrrole nitrogens is 1. The number of benzene rings is 2. The summed E-state index contributed by atoms with van der Waals surface area (Å²) in [4.78, 5) is 12.9. The molecule has 24 heavy (non-hydrogen) atoms. The average molecular weight is 311 g/mol. The van der Waals surface area contributed by atoms with Crippen molar-refractivity contribution < 1.29 is 0 Å². The van der Waals surface area contributed by atoms with Crippen molar-refractivity contribution >= 4 is 0 Å². The van der Waals surface area contributed by atoms with Crippen LogP contribution in [0, 0.1) is 6.92 Å². The molecule has 2 aromatic carbocycles. The molecule has 0 saturated carbocycles. The van der Waals surface area contributed by atoms with Gasteiger partial charge in [0.25, 0.3) is 0 Å². The van der Waals surface area contributed by atoms with E-state index in [4.69, 9.17) is 4.98 Å². The second-order valence-corrected chi connectivity index (χ2v) is 5.71. The molecule has 2 heterocycles. The second kappa shape index (κ2) is 6.13. The van der Waals surface area contributed by atoms with Crippen molar-refractivity contribution in [1.29, 1.82) is 0 Å². The Morgan fingerprint density at radius 2 is 1.33 bits per heavy atom. The van der Waals surface area contributed by atoms with Gasteiger partial charge in [-0.1, -0.05) is 66.7 Å². The summed E-state index contributed by atoms with van der Waals surface area (Å²) in [6, 6.07) is 26.5. The van der Waals surface area contributed by atoms with E-state index in [1.165, 1.54) is 0 Å². The molecule has 3 heteroatoms. The molecular weight excluding hydrogens is 294 g/mol. The number of imidazole rings is 1. The normalized spacial score (nSPS) is 10.7. The van der Waals surface area contributed by atoms with Crippen LogP contribution in [0.2, 0.25) is 0 Å². The zero-order valence-electron chi connectivity index (χ0n) is 13.4. The molecule has 2 aromatic heterocycles. The van der Waals surface area contributed by atoms with E-state index in [2.05, 4.69) is 34.2 Å². The molecule has 0 amide bonds. The number of aromatic nitrogens is 3. The van der Waals surface area contributed by atoms with Crippen molar-refractivity contribution in [3.8, 4) is 34.0 Å². The van der Waals surface area contributed by atoms with Crippen LogP contribution in [0.3, 0.4) is 0 Å². The third-order valence-corrected chi connectivity index (χ3v) is 3.94. The van der Waals surface area contributed by atoms with Gasteiger partial charge in [0.15, 0.2) is 5.82 Å². The summed E-state index contributed by atoms with van der Waals surface area (Å²) in [6.07, 6.45) is 0. The topological polar surface area (TPSA) is 41.6 Å². The predicted octanol–water partition coefficient (Wildman–Crippen LogP) is 5.11. The first kappa shape index (κ1) is 14.4. The lowest BCUT2D eigenvalue weighted by Gasteiger charge is -2.02. The van der Waals surface area contributed by atoms with Gasteiger partial charge in [0.2, 0.25) is 0 Å². The van der Waals surface area contributed by atoms with E-state index in [-0.39, 0.29) is 0 Å². The molecule has 0 saturated heterocycles. The Balaban J connectivity index is 1.91. The van der Waals surface area contributed by atoms with E-state index in [1.807, 2.05) is 61.5 Å². The minimum Gasteiger partial charge on any atom is -0.336 e. The summed E-state index contributed by atoms with van der Waals surface area (Å²) in [5.74, 6) is 0.788. The van der Waals surface area contributed by atoms with Crippen LogP contribution in [-0.2, 0) is 0 Å². The summed E-state index contributed by atoms with van der Waals surface area (Å²) < 4.78 is 0. The van der Waals surface area contributed by atoms with Crippen LogP contribution in [0.1, 0.15) is 5.69 Å². The second-order valence-electron chi connectivity index (χ2n) is 5.71. The smallest absolute Gasteiger partial charge is 0.157 e. The molecule has 0 aliphatic heterocycles. The molecule has 0 fully saturated rings. The van der Waals surface area contributed by atoms with Crippen LogP contribution in [0.25, 0.3) is 34.0 Å². The third-order valence-electron chi connectivity index (χ3n) is 3.94. The maximum absolute atomic E-state index is 4.85. The number of rotatable bonds is 3. The Morgan fingerprint density at radius 1 is 0.667 bits per heavy atom. The van der Waals surface area contributed by atoms with Gasteiger partial charge in [0.05, 0.1) is 11.4 Å². The van der Waals surface area contributed by atoms with E-state index >= 15 is 0 Å². The van der Waals surface area contributed by atoms with Crippen LogP contribution in [0.5, 0.6) is 0 Å². The molecule has 4 rings (SSSR count). The van der Waals surface area contributed by atoms with Crippen LogP contribution in [0.4, 0.5) is 0 Å². The Labute approximate surface area is 141 Å². The number of nitrogens with one attached hydrogen (secondary N) is 1. The highest BCUT2D eigenvalue weighted by Crippen LogP contribution is 2.32. The zero-order chi connectivity index (χ0) is 16.4. The van der Waals surface area contributed by atoms with Gasteiger partial charge in [-0.2, -0.15) is 0 Å². The Bertz CT molecular complexity index is 900.